The molecule has 0 aliphatic carbocycles. The Morgan fingerprint density at radius 2 is 2.12 bits per heavy atom. The highest BCUT2D eigenvalue weighted by Gasteiger charge is 2.37. The molecular weight excluding hydrogens is 230 g/mol. The Bertz CT molecular complexity index is 465. The summed E-state index contributed by atoms with van der Waals surface area (Å²) in [5, 5.41) is 8.72. The second-order valence-electron chi connectivity index (χ2n) is 3.87. The number of fused-ring (bicyclic) bond motifs is 1. The molecule has 1 unspecified atom stereocenters. The number of carbonyl (C=O) groups excluding carboxylic acids is 1. The summed E-state index contributed by atoms with van der Waals surface area (Å²) in [5.41, 5.74) is 5.79. The molecule has 1 aromatic carbocycles. The van der Waals surface area contributed by atoms with E-state index < -0.39 is 23.6 Å². The fourth-order valence-electron chi connectivity index (χ4n) is 1.97. The van der Waals surface area contributed by atoms with Crippen LogP contribution in [0.5, 0.6) is 0 Å². The molecule has 92 valence electrons. The summed E-state index contributed by atoms with van der Waals surface area (Å²) in [6, 6.07) is 0.754. The van der Waals surface area contributed by atoms with Gasteiger partial charge in [-0.3, -0.25) is 4.79 Å². The van der Waals surface area contributed by atoms with Crippen molar-refractivity contribution in [3.05, 3.63) is 29.3 Å². The first-order chi connectivity index (χ1) is 8.06. The fourth-order valence-corrected chi connectivity index (χ4v) is 1.97. The Hall–Kier alpha value is -1.53. The monoisotopic (exact) mass is 242 g/mol. The van der Waals surface area contributed by atoms with Crippen LogP contribution in [0.4, 0.5) is 14.5 Å². The van der Waals surface area contributed by atoms with Crippen LogP contribution in [0.3, 0.4) is 0 Å². The minimum atomic E-state index is -1.03. The Kier molecular flexibility index (Phi) is 3.08. The van der Waals surface area contributed by atoms with E-state index in [0.29, 0.717) is 6.42 Å². The number of hydrogen-bond acceptors (Lipinski definition) is 3. The van der Waals surface area contributed by atoms with Gasteiger partial charge in [0.05, 0.1) is 5.69 Å². The van der Waals surface area contributed by atoms with Crippen LogP contribution >= 0.6 is 0 Å². The zero-order chi connectivity index (χ0) is 12.6. The minimum absolute atomic E-state index is 0.0253. The van der Waals surface area contributed by atoms with Crippen LogP contribution in [0.15, 0.2) is 12.1 Å². The van der Waals surface area contributed by atoms with Gasteiger partial charge in [0.25, 0.3) is 0 Å². The molecule has 4 nitrogen and oxygen atoms in total. The number of carbonyl (C=O) groups is 1. The van der Waals surface area contributed by atoms with Gasteiger partial charge in [-0.1, -0.05) is 0 Å². The number of nitrogens with zero attached hydrogens (tertiary/aromatic N) is 1. The van der Waals surface area contributed by atoms with E-state index in [1.54, 1.807) is 0 Å². The van der Waals surface area contributed by atoms with Crippen molar-refractivity contribution in [3.8, 4) is 0 Å². The molecule has 0 saturated carbocycles. The van der Waals surface area contributed by atoms with E-state index in [4.69, 9.17) is 10.8 Å². The largest absolute Gasteiger partial charge is 0.396 e. The van der Waals surface area contributed by atoms with Crippen molar-refractivity contribution < 1.29 is 18.7 Å². The van der Waals surface area contributed by atoms with Gasteiger partial charge in [-0.2, -0.15) is 0 Å². The Balaban J connectivity index is 2.44. The van der Waals surface area contributed by atoms with Gasteiger partial charge in [0.1, 0.15) is 17.7 Å². The van der Waals surface area contributed by atoms with E-state index in [9.17, 15) is 13.6 Å². The van der Waals surface area contributed by atoms with Crippen molar-refractivity contribution >= 4 is 11.6 Å². The lowest BCUT2D eigenvalue weighted by atomic mass is 10.1. The maximum absolute atomic E-state index is 13.6. The smallest absolute Gasteiger partial charge is 0.248 e. The van der Waals surface area contributed by atoms with Crippen LogP contribution in [0, 0.1) is 11.6 Å². The normalized spacial score (nSPS) is 18.7. The first kappa shape index (κ1) is 11.9. The van der Waals surface area contributed by atoms with Crippen molar-refractivity contribution in [1.82, 2.24) is 0 Å². The predicted molar refractivity (Wildman–Crippen MR) is 57.3 cm³/mol. The van der Waals surface area contributed by atoms with Gasteiger partial charge in [0, 0.05) is 24.8 Å². The highest BCUT2D eigenvalue weighted by atomic mass is 19.1. The van der Waals surface area contributed by atoms with Crippen LogP contribution < -0.4 is 10.6 Å². The molecule has 0 radical (unpaired) electrons. The van der Waals surface area contributed by atoms with Crippen LogP contribution in [0.25, 0.3) is 0 Å². The number of aliphatic hydroxyl groups excluding tert-OH is 1. The van der Waals surface area contributed by atoms with Crippen molar-refractivity contribution in [2.24, 2.45) is 5.73 Å². The van der Waals surface area contributed by atoms with Gasteiger partial charge in [-0.15, -0.1) is 0 Å². The molecule has 17 heavy (non-hydrogen) atoms. The minimum Gasteiger partial charge on any atom is -0.396 e. The summed E-state index contributed by atoms with van der Waals surface area (Å²) in [7, 11) is 0. The lowest BCUT2D eigenvalue weighted by Crippen LogP contribution is -2.33. The van der Waals surface area contributed by atoms with Crippen molar-refractivity contribution in [3.63, 3.8) is 0 Å². The molecule has 0 bridgehead atoms. The van der Waals surface area contributed by atoms with Crippen molar-refractivity contribution in [1.29, 1.82) is 0 Å². The van der Waals surface area contributed by atoms with Crippen LogP contribution in [-0.4, -0.2) is 24.2 Å². The van der Waals surface area contributed by atoms with Crippen molar-refractivity contribution in [2.75, 3.05) is 18.1 Å². The maximum atomic E-state index is 13.6. The van der Waals surface area contributed by atoms with E-state index in [1.165, 1.54) is 0 Å². The van der Waals surface area contributed by atoms with Gasteiger partial charge >= 0.3 is 0 Å². The first-order valence-corrected chi connectivity index (χ1v) is 5.23. The molecule has 2 rings (SSSR count). The van der Waals surface area contributed by atoms with Gasteiger partial charge in [0.2, 0.25) is 5.91 Å². The molecule has 0 saturated heterocycles. The van der Waals surface area contributed by atoms with Gasteiger partial charge in [-0.25, -0.2) is 8.78 Å². The third kappa shape index (κ3) is 1.89. The number of aliphatic hydroxyl groups is 1. The average Bonchev–Trinajstić information content (AvgIpc) is 2.51. The molecule has 1 atom stereocenters. The zero-order valence-electron chi connectivity index (χ0n) is 8.99. The fraction of sp³-hybridized carbons (Fsp3) is 0.364. The summed E-state index contributed by atoms with van der Waals surface area (Å²) in [4.78, 5) is 12.9. The van der Waals surface area contributed by atoms with Crippen LogP contribution in [0.1, 0.15) is 18.0 Å². The molecule has 0 fully saturated rings. The summed E-state index contributed by atoms with van der Waals surface area (Å²) >= 11 is 0. The molecular formula is C11H12F2N2O2. The van der Waals surface area contributed by atoms with E-state index in [1.807, 2.05) is 0 Å². The number of nitrogens with two attached hydrogens (primary N) is 1. The number of amides is 1. The molecule has 3 N–H and O–H groups in total. The standard InChI is InChI=1S/C11H12F2N2O2/c12-6-4-7-9(14)11(17)15(2-1-3-16)10(7)8(13)5-6/h4-5,9,16H,1-3,14H2. The van der Waals surface area contributed by atoms with Crippen molar-refractivity contribution in [2.45, 2.75) is 12.5 Å². The average molecular weight is 242 g/mol. The second kappa shape index (κ2) is 4.38. The molecule has 0 spiro atoms. The predicted octanol–water partition coefficient (Wildman–Crippen LogP) is 0.694. The summed E-state index contributed by atoms with van der Waals surface area (Å²) in [6.45, 7) is 0.0513. The maximum Gasteiger partial charge on any atom is 0.248 e. The quantitative estimate of drug-likeness (QED) is 0.819. The summed E-state index contributed by atoms with van der Waals surface area (Å²) in [6.07, 6.45) is 0.314. The SMILES string of the molecule is NC1C(=O)N(CCCO)c2c(F)cc(F)cc21. The number of rotatable bonds is 3. The van der Waals surface area contributed by atoms with E-state index in [-0.39, 0.29) is 24.4 Å². The highest BCUT2D eigenvalue weighted by molar-refractivity contribution is 6.04. The van der Waals surface area contributed by atoms with Gasteiger partial charge < -0.3 is 15.7 Å². The van der Waals surface area contributed by atoms with Gasteiger partial charge in [-0.05, 0) is 12.5 Å². The van der Waals surface area contributed by atoms with Crippen LogP contribution in [0.2, 0.25) is 0 Å². The Morgan fingerprint density at radius 3 is 2.76 bits per heavy atom. The second-order valence-corrected chi connectivity index (χ2v) is 3.87. The lowest BCUT2D eigenvalue weighted by Gasteiger charge is -2.17. The van der Waals surface area contributed by atoms with E-state index >= 15 is 0 Å². The van der Waals surface area contributed by atoms with Gasteiger partial charge in [0.15, 0.2) is 0 Å². The zero-order valence-corrected chi connectivity index (χ0v) is 8.99. The number of halogens is 2. The molecule has 1 aliphatic heterocycles. The Morgan fingerprint density at radius 1 is 1.41 bits per heavy atom. The highest BCUT2D eigenvalue weighted by Crippen LogP contribution is 2.37. The molecule has 6 heteroatoms. The lowest BCUT2D eigenvalue weighted by molar-refractivity contribution is -0.119. The summed E-state index contributed by atoms with van der Waals surface area (Å²) in [5.74, 6) is -2.04. The third-order valence-corrected chi connectivity index (χ3v) is 2.73. The van der Waals surface area contributed by atoms with E-state index in [0.717, 1.165) is 17.0 Å². The van der Waals surface area contributed by atoms with Crippen LogP contribution in [-0.2, 0) is 4.79 Å². The topological polar surface area (TPSA) is 66.6 Å². The number of benzene rings is 1. The third-order valence-electron chi connectivity index (χ3n) is 2.73. The molecule has 1 aromatic rings. The summed E-state index contributed by atoms with van der Waals surface area (Å²) < 4.78 is 26.7. The molecule has 1 heterocycles. The number of hydrogen-bond donors (Lipinski definition) is 2. The van der Waals surface area contributed by atoms with E-state index in [2.05, 4.69) is 0 Å². The Labute approximate surface area is 96.6 Å². The molecule has 0 aromatic heterocycles. The number of anilines is 1. The first-order valence-electron chi connectivity index (χ1n) is 5.23. The molecule has 1 amide bonds. The molecule has 1 aliphatic rings.